The van der Waals surface area contributed by atoms with Crippen molar-refractivity contribution in [2.45, 2.75) is 39.2 Å². The monoisotopic (exact) mass is 322 g/mol. The molecule has 2 rings (SSSR count). The van der Waals surface area contributed by atoms with E-state index in [1.807, 2.05) is 0 Å². The summed E-state index contributed by atoms with van der Waals surface area (Å²) in [6.07, 6.45) is 3.52. The number of carbonyl (C=O) groups is 1. The van der Waals surface area contributed by atoms with Crippen LogP contribution in [0.15, 0.2) is 12.1 Å². The molecule has 0 aromatic heterocycles. The fraction of sp³-hybridized carbons (Fsp3) is 0.562. The van der Waals surface area contributed by atoms with Gasteiger partial charge in [0.15, 0.2) is 12.3 Å². The molecule has 1 fully saturated rings. The molecule has 2 N–H and O–H groups in total. The van der Waals surface area contributed by atoms with E-state index in [9.17, 15) is 14.9 Å². The number of nitro groups is 1. The van der Waals surface area contributed by atoms with Crippen LogP contribution in [-0.2, 0) is 4.79 Å². The van der Waals surface area contributed by atoms with Gasteiger partial charge in [0.2, 0.25) is 0 Å². The average Bonchev–Trinajstić information content (AvgIpc) is 2.51. The molecule has 1 unspecified atom stereocenters. The first-order chi connectivity index (χ1) is 10.9. The SMILES string of the molecule is COc1cc(NC(=O)C[NH+]2CCCC[C@H]2C)c(C)cc1[N+](=O)[O-]. The van der Waals surface area contributed by atoms with Crippen LogP contribution in [0.1, 0.15) is 31.7 Å². The third-order valence-electron chi connectivity index (χ3n) is 4.47. The van der Waals surface area contributed by atoms with Gasteiger partial charge in [-0.15, -0.1) is 0 Å². The van der Waals surface area contributed by atoms with Crippen LogP contribution >= 0.6 is 0 Å². The fourth-order valence-electron chi connectivity index (χ4n) is 3.03. The predicted octanol–water partition coefficient (Wildman–Crippen LogP) is 1.31. The number of hydrogen-bond donors (Lipinski definition) is 2. The highest BCUT2D eigenvalue weighted by molar-refractivity contribution is 5.92. The van der Waals surface area contributed by atoms with Crippen LogP contribution in [0.5, 0.6) is 5.75 Å². The Labute approximate surface area is 135 Å². The van der Waals surface area contributed by atoms with Gasteiger partial charge in [-0.1, -0.05) is 0 Å². The number of nitrogens with one attached hydrogen (secondary N) is 2. The maximum Gasteiger partial charge on any atom is 0.311 e. The molecule has 1 aliphatic rings. The summed E-state index contributed by atoms with van der Waals surface area (Å²) in [6, 6.07) is 3.42. The average molecular weight is 322 g/mol. The molecule has 0 aliphatic carbocycles. The number of quaternary nitrogens is 1. The largest absolute Gasteiger partial charge is 0.490 e. The van der Waals surface area contributed by atoms with Gasteiger partial charge < -0.3 is 15.0 Å². The van der Waals surface area contributed by atoms with Crippen LogP contribution in [0.3, 0.4) is 0 Å². The van der Waals surface area contributed by atoms with Crippen LogP contribution in [0.2, 0.25) is 0 Å². The van der Waals surface area contributed by atoms with Crippen molar-refractivity contribution < 1.29 is 19.4 Å². The van der Waals surface area contributed by atoms with E-state index in [0.29, 0.717) is 23.8 Å². The number of nitrogens with zero attached hydrogens (tertiary/aromatic N) is 1. The van der Waals surface area contributed by atoms with Crippen molar-refractivity contribution >= 4 is 17.3 Å². The highest BCUT2D eigenvalue weighted by Gasteiger charge is 2.25. The summed E-state index contributed by atoms with van der Waals surface area (Å²) in [7, 11) is 1.38. The van der Waals surface area contributed by atoms with Crippen LogP contribution in [-0.4, -0.2) is 37.1 Å². The number of methoxy groups -OCH3 is 1. The van der Waals surface area contributed by atoms with Gasteiger partial charge in [-0.05, 0) is 38.7 Å². The molecule has 1 amide bonds. The van der Waals surface area contributed by atoms with E-state index in [-0.39, 0.29) is 17.3 Å². The van der Waals surface area contributed by atoms with Crippen LogP contribution in [0.4, 0.5) is 11.4 Å². The minimum atomic E-state index is -0.489. The second-order valence-corrected chi connectivity index (χ2v) is 6.13. The van der Waals surface area contributed by atoms with Crippen molar-refractivity contribution in [2.75, 3.05) is 25.5 Å². The molecule has 1 aromatic rings. The summed E-state index contributed by atoms with van der Waals surface area (Å²) in [5, 5.41) is 13.9. The van der Waals surface area contributed by atoms with Crippen molar-refractivity contribution in [1.82, 2.24) is 0 Å². The second-order valence-electron chi connectivity index (χ2n) is 6.13. The zero-order chi connectivity index (χ0) is 17.0. The third-order valence-corrected chi connectivity index (χ3v) is 4.47. The number of hydrogen-bond acceptors (Lipinski definition) is 4. The van der Waals surface area contributed by atoms with Gasteiger partial charge in [0.05, 0.1) is 24.6 Å². The van der Waals surface area contributed by atoms with E-state index in [1.165, 1.54) is 30.6 Å². The molecule has 1 aliphatic heterocycles. The molecular weight excluding hydrogens is 298 g/mol. The molecule has 7 heteroatoms. The fourth-order valence-corrected chi connectivity index (χ4v) is 3.03. The Bertz CT molecular complexity index is 603. The lowest BCUT2D eigenvalue weighted by Gasteiger charge is -2.29. The summed E-state index contributed by atoms with van der Waals surface area (Å²) in [6.45, 7) is 5.33. The Kier molecular flexibility index (Phi) is 5.54. The zero-order valence-electron chi connectivity index (χ0n) is 13.8. The molecule has 1 aromatic carbocycles. The number of anilines is 1. The Morgan fingerprint density at radius 2 is 2.22 bits per heavy atom. The normalized spacial score (nSPS) is 20.8. The Hall–Kier alpha value is -2.15. The smallest absolute Gasteiger partial charge is 0.311 e. The maximum absolute atomic E-state index is 12.3. The van der Waals surface area contributed by atoms with Crippen LogP contribution in [0, 0.1) is 17.0 Å². The third kappa shape index (κ3) is 4.19. The number of carbonyl (C=O) groups excluding carboxylic acids is 1. The minimum absolute atomic E-state index is 0.0762. The van der Waals surface area contributed by atoms with Crippen molar-refractivity contribution in [3.8, 4) is 5.75 Å². The Morgan fingerprint density at radius 1 is 1.48 bits per heavy atom. The van der Waals surface area contributed by atoms with Crippen LogP contribution < -0.4 is 15.0 Å². The molecule has 1 heterocycles. The standard InChI is InChI=1S/C16H23N3O4/c1-11-8-14(19(21)22)15(23-3)9-13(11)17-16(20)10-18-7-5-4-6-12(18)2/h8-9,12H,4-7,10H2,1-3H3,(H,17,20)/p+1/t12-/m1/s1. The summed E-state index contributed by atoms with van der Waals surface area (Å²) < 4.78 is 5.05. The molecule has 23 heavy (non-hydrogen) atoms. The second kappa shape index (κ2) is 7.41. The number of amides is 1. The molecule has 7 nitrogen and oxygen atoms in total. The van der Waals surface area contributed by atoms with Crippen molar-refractivity contribution in [1.29, 1.82) is 0 Å². The minimum Gasteiger partial charge on any atom is -0.490 e. The van der Waals surface area contributed by atoms with Crippen molar-refractivity contribution in [3.63, 3.8) is 0 Å². The maximum atomic E-state index is 12.3. The highest BCUT2D eigenvalue weighted by Crippen LogP contribution is 2.32. The van der Waals surface area contributed by atoms with Crippen molar-refractivity contribution in [3.05, 3.63) is 27.8 Å². The summed E-state index contributed by atoms with van der Waals surface area (Å²) in [5.74, 6) is 0.0716. The number of ether oxygens (including phenoxy) is 1. The first kappa shape index (κ1) is 17.2. The summed E-state index contributed by atoms with van der Waals surface area (Å²) in [4.78, 5) is 24.1. The van der Waals surface area contributed by atoms with Gasteiger partial charge in [0.25, 0.3) is 5.91 Å². The van der Waals surface area contributed by atoms with Crippen LogP contribution in [0.25, 0.3) is 0 Å². The molecular formula is C16H24N3O4+. The molecule has 0 radical (unpaired) electrons. The molecule has 0 spiro atoms. The Balaban J connectivity index is 2.09. The first-order valence-corrected chi connectivity index (χ1v) is 7.89. The molecule has 0 saturated carbocycles. The van der Waals surface area contributed by atoms with E-state index < -0.39 is 4.92 Å². The lowest BCUT2D eigenvalue weighted by atomic mass is 10.0. The van der Waals surface area contributed by atoms with E-state index >= 15 is 0 Å². The molecule has 0 bridgehead atoms. The lowest BCUT2D eigenvalue weighted by molar-refractivity contribution is -0.920. The zero-order valence-corrected chi connectivity index (χ0v) is 13.8. The number of rotatable bonds is 5. The van der Waals surface area contributed by atoms with E-state index in [4.69, 9.17) is 4.74 Å². The predicted molar refractivity (Wildman–Crippen MR) is 87.0 cm³/mol. The summed E-state index contributed by atoms with van der Waals surface area (Å²) in [5.41, 5.74) is 1.10. The quantitative estimate of drug-likeness (QED) is 0.632. The van der Waals surface area contributed by atoms with Gasteiger partial charge in [0, 0.05) is 17.8 Å². The van der Waals surface area contributed by atoms with E-state index in [1.54, 1.807) is 6.92 Å². The topological polar surface area (TPSA) is 85.9 Å². The van der Waals surface area contributed by atoms with Gasteiger partial charge in [0.1, 0.15) is 0 Å². The lowest BCUT2D eigenvalue weighted by Crippen LogP contribution is -3.17. The number of likely N-dealkylation sites (tertiary alicyclic amines) is 1. The number of piperidine rings is 1. The number of nitro benzene ring substituents is 1. The van der Waals surface area contributed by atoms with Gasteiger partial charge in [-0.25, -0.2) is 0 Å². The van der Waals surface area contributed by atoms with Gasteiger partial charge >= 0.3 is 5.69 Å². The molecule has 1 saturated heterocycles. The van der Waals surface area contributed by atoms with Crippen molar-refractivity contribution in [2.24, 2.45) is 0 Å². The van der Waals surface area contributed by atoms with Gasteiger partial charge in [-0.2, -0.15) is 0 Å². The van der Waals surface area contributed by atoms with E-state index in [0.717, 1.165) is 19.4 Å². The first-order valence-electron chi connectivity index (χ1n) is 7.89. The van der Waals surface area contributed by atoms with E-state index in [2.05, 4.69) is 12.2 Å². The Morgan fingerprint density at radius 3 is 2.83 bits per heavy atom. The number of aryl methyl sites for hydroxylation is 1. The highest BCUT2D eigenvalue weighted by atomic mass is 16.6. The van der Waals surface area contributed by atoms with Gasteiger partial charge in [-0.3, -0.25) is 14.9 Å². The summed E-state index contributed by atoms with van der Waals surface area (Å²) >= 11 is 0. The number of benzene rings is 1. The molecule has 2 atom stereocenters. The molecule has 126 valence electrons.